The van der Waals surface area contributed by atoms with Crippen LogP contribution in [0.2, 0.25) is 0 Å². The van der Waals surface area contributed by atoms with Crippen molar-refractivity contribution in [2.45, 2.75) is 57.6 Å². The highest BCUT2D eigenvalue weighted by Gasteiger charge is 2.70. The van der Waals surface area contributed by atoms with E-state index in [1.165, 1.54) is 0 Å². The maximum absolute atomic E-state index is 12.6. The first-order valence-electron chi connectivity index (χ1n) is 8.11. The first-order valence-corrected chi connectivity index (χ1v) is 8.11. The molecule has 2 heterocycles. The molecule has 2 aliphatic heterocycles. The lowest BCUT2D eigenvalue weighted by Crippen LogP contribution is -2.59. The molecule has 2 saturated heterocycles. The van der Waals surface area contributed by atoms with Crippen molar-refractivity contribution in [1.82, 2.24) is 0 Å². The largest absolute Gasteiger partial charge is 0.461 e. The predicted molar refractivity (Wildman–Crippen MR) is 86.9 cm³/mol. The summed E-state index contributed by atoms with van der Waals surface area (Å²) in [6.45, 7) is 8.04. The summed E-state index contributed by atoms with van der Waals surface area (Å²) in [6.07, 6.45) is -0.186. The van der Waals surface area contributed by atoms with E-state index in [0.29, 0.717) is 0 Å². The van der Waals surface area contributed by atoms with Crippen molar-refractivity contribution in [2.75, 3.05) is 0 Å². The van der Waals surface area contributed by atoms with Gasteiger partial charge in [-0.2, -0.15) is 0 Å². The number of rotatable bonds is 4. The molecule has 4 nitrogen and oxygen atoms in total. The number of hydrogen-bond acceptors (Lipinski definition) is 4. The van der Waals surface area contributed by atoms with Crippen molar-refractivity contribution in [3.8, 4) is 0 Å². The monoisotopic (exact) mass is 314 g/mol. The van der Waals surface area contributed by atoms with Crippen molar-refractivity contribution in [1.29, 1.82) is 0 Å². The van der Waals surface area contributed by atoms with Crippen LogP contribution in [0.4, 0.5) is 0 Å². The molecule has 5 atom stereocenters. The van der Waals surface area contributed by atoms with E-state index in [1.807, 2.05) is 58.0 Å². The Labute approximate surface area is 138 Å². The molecule has 122 valence electrons. The second-order valence-corrected chi connectivity index (χ2v) is 7.07. The van der Waals surface area contributed by atoms with Gasteiger partial charge in [0.05, 0.1) is 17.6 Å². The Bertz CT molecular complexity index is 588. The number of hydrogen-bond donors (Lipinski definition) is 0. The zero-order chi connectivity index (χ0) is 16.8. The van der Waals surface area contributed by atoms with E-state index in [1.54, 1.807) is 0 Å². The van der Waals surface area contributed by atoms with Crippen LogP contribution in [-0.4, -0.2) is 37.1 Å². The van der Waals surface area contributed by atoms with Gasteiger partial charge in [0.15, 0.2) is 0 Å². The fourth-order valence-corrected chi connectivity index (χ4v) is 4.27. The van der Waals surface area contributed by atoms with E-state index in [9.17, 15) is 4.79 Å². The molecule has 2 bridgehead atoms. The van der Waals surface area contributed by atoms with Crippen LogP contribution < -0.4 is 0 Å². The van der Waals surface area contributed by atoms with Gasteiger partial charge in [0.25, 0.3) is 0 Å². The molecule has 2 radical (unpaired) electrons. The van der Waals surface area contributed by atoms with Gasteiger partial charge in [-0.05, 0) is 26.3 Å². The highest BCUT2D eigenvalue weighted by molar-refractivity contribution is 6.11. The summed E-state index contributed by atoms with van der Waals surface area (Å²) in [4.78, 5) is 12.6. The Hall–Kier alpha value is -1.33. The molecule has 0 N–H and O–H groups in total. The standard InChI is InChI=1S/C18H23BO4/c1-11-14-15(19)23-18(11,17(3,4)22-14)12(2)16(20)21-10-13-8-6-5-7-9-13/h5-9,11-12,14-15H,10H2,1-4H3/t11?,12-,14-,15+,18-/m0/s1. The van der Waals surface area contributed by atoms with E-state index >= 15 is 0 Å². The van der Waals surface area contributed by atoms with Gasteiger partial charge in [0.2, 0.25) is 0 Å². The molecular formula is C18H23BO4. The number of benzene rings is 1. The van der Waals surface area contributed by atoms with Gasteiger partial charge in [-0.15, -0.1) is 0 Å². The zero-order valence-electron chi connectivity index (χ0n) is 14.1. The van der Waals surface area contributed by atoms with Crippen LogP contribution in [0.1, 0.15) is 33.3 Å². The summed E-state index contributed by atoms with van der Waals surface area (Å²) in [6, 6.07) is 9.14. The smallest absolute Gasteiger partial charge is 0.312 e. The van der Waals surface area contributed by atoms with Crippen molar-refractivity contribution < 1.29 is 19.0 Å². The molecule has 1 unspecified atom stereocenters. The van der Waals surface area contributed by atoms with Crippen LogP contribution in [0, 0.1) is 11.8 Å². The second-order valence-electron chi connectivity index (χ2n) is 7.07. The molecule has 23 heavy (non-hydrogen) atoms. The van der Waals surface area contributed by atoms with Gasteiger partial charge < -0.3 is 14.2 Å². The Morgan fingerprint density at radius 2 is 1.96 bits per heavy atom. The van der Waals surface area contributed by atoms with E-state index in [0.717, 1.165) is 5.56 Å². The third kappa shape index (κ3) is 2.41. The predicted octanol–water partition coefficient (Wildman–Crippen LogP) is 2.44. The van der Waals surface area contributed by atoms with E-state index in [4.69, 9.17) is 22.1 Å². The van der Waals surface area contributed by atoms with Gasteiger partial charge in [-0.3, -0.25) is 4.79 Å². The summed E-state index contributed by atoms with van der Waals surface area (Å²) in [7, 11) is 6.02. The Balaban J connectivity index is 1.76. The minimum absolute atomic E-state index is 0.0341. The average Bonchev–Trinajstić information content (AvgIpc) is 2.89. The highest BCUT2D eigenvalue weighted by atomic mass is 16.6. The SMILES string of the molecule is [B][C@@H]1O[C@]2([C@@H](C)C(=O)OCc3ccccc3)C(C)[C@@H]1OC2(C)C. The molecule has 2 fully saturated rings. The summed E-state index contributed by atoms with van der Waals surface area (Å²) >= 11 is 0. The Kier molecular flexibility index (Phi) is 4.05. The van der Waals surface area contributed by atoms with Gasteiger partial charge in [0, 0.05) is 11.9 Å². The van der Waals surface area contributed by atoms with Crippen LogP contribution in [0.25, 0.3) is 0 Å². The number of carbonyl (C=O) groups excluding carboxylic acids is 1. The zero-order valence-corrected chi connectivity index (χ0v) is 14.1. The van der Waals surface area contributed by atoms with Crippen molar-refractivity contribution in [3.63, 3.8) is 0 Å². The number of ether oxygens (including phenoxy) is 3. The van der Waals surface area contributed by atoms with Gasteiger partial charge >= 0.3 is 5.97 Å². The summed E-state index contributed by atoms with van der Waals surface area (Å²) < 4.78 is 17.6. The van der Waals surface area contributed by atoms with Gasteiger partial charge in [0.1, 0.15) is 20.1 Å². The number of esters is 1. The lowest BCUT2D eigenvalue weighted by Gasteiger charge is -2.46. The molecule has 0 aromatic heterocycles. The van der Waals surface area contributed by atoms with Crippen LogP contribution in [0.3, 0.4) is 0 Å². The fourth-order valence-electron chi connectivity index (χ4n) is 4.27. The highest BCUT2D eigenvalue weighted by Crippen LogP contribution is 2.57. The molecule has 1 aromatic rings. The van der Waals surface area contributed by atoms with E-state index in [-0.39, 0.29) is 24.6 Å². The lowest BCUT2D eigenvalue weighted by molar-refractivity contribution is -0.228. The second kappa shape index (κ2) is 5.64. The molecular weight excluding hydrogens is 291 g/mol. The molecule has 0 saturated carbocycles. The fraction of sp³-hybridized carbons (Fsp3) is 0.611. The number of carbonyl (C=O) groups is 1. The first kappa shape index (κ1) is 16.5. The topological polar surface area (TPSA) is 44.8 Å². The molecule has 0 spiro atoms. The van der Waals surface area contributed by atoms with Gasteiger partial charge in [-0.1, -0.05) is 37.3 Å². The average molecular weight is 314 g/mol. The molecule has 0 amide bonds. The molecule has 5 heteroatoms. The third-order valence-corrected chi connectivity index (χ3v) is 5.42. The third-order valence-electron chi connectivity index (χ3n) is 5.42. The molecule has 3 rings (SSSR count). The summed E-state index contributed by atoms with van der Waals surface area (Å²) in [5.41, 5.74) is -0.384. The molecule has 0 aliphatic carbocycles. The van der Waals surface area contributed by atoms with Crippen LogP contribution in [0.5, 0.6) is 0 Å². The van der Waals surface area contributed by atoms with Crippen LogP contribution in [-0.2, 0) is 25.6 Å². The first-order chi connectivity index (χ1) is 10.8. The van der Waals surface area contributed by atoms with Gasteiger partial charge in [-0.25, -0.2) is 0 Å². The van der Waals surface area contributed by atoms with E-state index in [2.05, 4.69) is 0 Å². The van der Waals surface area contributed by atoms with Crippen molar-refractivity contribution in [3.05, 3.63) is 35.9 Å². The summed E-state index contributed by atoms with van der Waals surface area (Å²) in [5.74, 6) is -0.714. The molecule has 2 aliphatic rings. The minimum Gasteiger partial charge on any atom is -0.461 e. The van der Waals surface area contributed by atoms with Crippen molar-refractivity contribution >= 4 is 13.8 Å². The number of fused-ring (bicyclic) bond motifs is 2. The quantitative estimate of drug-likeness (QED) is 0.632. The normalized spacial score (nSPS) is 35.9. The maximum atomic E-state index is 12.6. The lowest BCUT2D eigenvalue weighted by atomic mass is 9.70. The van der Waals surface area contributed by atoms with Crippen LogP contribution >= 0.6 is 0 Å². The van der Waals surface area contributed by atoms with E-state index < -0.39 is 23.1 Å². The van der Waals surface area contributed by atoms with Crippen molar-refractivity contribution in [2.24, 2.45) is 11.8 Å². The summed E-state index contributed by atoms with van der Waals surface area (Å²) in [5, 5.41) is 0. The van der Waals surface area contributed by atoms with Crippen LogP contribution in [0.15, 0.2) is 30.3 Å². The maximum Gasteiger partial charge on any atom is 0.312 e. The minimum atomic E-state index is -0.759. The Morgan fingerprint density at radius 3 is 2.52 bits per heavy atom. The molecule has 1 aromatic carbocycles. The Morgan fingerprint density at radius 1 is 1.30 bits per heavy atom.